The number of carbonyl (C=O) groups is 1. The lowest BCUT2D eigenvalue weighted by Crippen LogP contribution is -2.43. The highest BCUT2D eigenvalue weighted by Crippen LogP contribution is 2.37. The van der Waals surface area contributed by atoms with Crippen LogP contribution in [0.25, 0.3) is 0 Å². The summed E-state index contributed by atoms with van der Waals surface area (Å²) in [5, 5.41) is 16.9. The average molecular weight is 322 g/mol. The van der Waals surface area contributed by atoms with Crippen LogP contribution in [0.4, 0.5) is 0 Å². The van der Waals surface area contributed by atoms with Gasteiger partial charge in [0.1, 0.15) is 0 Å². The molecule has 1 aromatic rings. The summed E-state index contributed by atoms with van der Waals surface area (Å²) in [5.41, 5.74) is 1.02. The lowest BCUT2D eigenvalue weighted by Gasteiger charge is -2.37. The third kappa shape index (κ3) is 4.31. The number of rotatable bonds is 6. The molecule has 2 heterocycles. The summed E-state index contributed by atoms with van der Waals surface area (Å²) >= 11 is 0. The summed E-state index contributed by atoms with van der Waals surface area (Å²) in [6.07, 6.45) is 5.48. The van der Waals surface area contributed by atoms with Gasteiger partial charge in [0.15, 0.2) is 0 Å². The Kier molecular flexibility index (Phi) is 5.30. The molecule has 1 saturated heterocycles. The molecular weight excluding hydrogens is 296 g/mol. The van der Waals surface area contributed by atoms with Crippen LogP contribution in [0.2, 0.25) is 0 Å². The number of aliphatic hydroxyl groups excluding tert-OH is 1. The third-order valence-electron chi connectivity index (χ3n) is 4.78. The zero-order valence-corrected chi connectivity index (χ0v) is 13.6. The molecule has 23 heavy (non-hydrogen) atoms. The highest BCUT2D eigenvalue weighted by Gasteiger charge is 2.36. The number of nitrogens with zero attached hydrogens (tertiary/aromatic N) is 3. The van der Waals surface area contributed by atoms with Crippen molar-refractivity contribution < 1.29 is 14.6 Å². The van der Waals surface area contributed by atoms with Gasteiger partial charge in [0.05, 0.1) is 31.6 Å². The number of hydrogen-bond donors (Lipinski definition) is 2. The first-order valence-electron chi connectivity index (χ1n) is 8.38. The van der Waals surface area contributed by atoms with E-state index >= 15 is 0 Å². The molecule has 1 aromatic heterocycles. The maximum absolute atomic E-state index is 12.3. The van der Waals surface area contributed by atoms with Gasteiger partial charge in [-0.25, -0.2) is 0 Å². The van der Waals surface area contributed by atoms with Crippen LogP contribution in [0.5, 0.6) is 0 Å². The molecule has 1 aliphatic heterocycles. The summed E-state index contributed by atoms with van der Waals surface area (Å²) in [6.45, 7) is 4.06. The highest BCUT2D eigenvalue weighted by atomic mass is 16.5. The Labute approximate surface area is 136 Å². The molecule has 1 amide bonds. The van der Waals surface area contributed by atoms with Crippen LogP contribution in [0.15, 0.2) is 12.4 Å². The number of aryl methyl sites for hydroxylation is 1. The van der Waals surface area contributed by atoms with Crippen molar-refractivity contribution in [3.63, 3.8) is 0 Å². The molecule has 0 aromatic carbocycles. The van der Waals surface area contributed by atoms with E-state index in [-0.39, 0.29) is 18.1 Å². The molecule has 2 aliphatic rings. The minimum atomic E-state index is -0.232. The van der Waals surface area contributed by atoms with Gasteiger partial charge in [-0.2, -0.15) is 5.10 Å². The molecule has 0 bridgehead atoms. The number of carbonyl (C=O) groups excluding carboxylic acids is 1. The summed E-state index contributed by atoms with van der Waals surface area (Å²) in [5.74, 6) is 0.355. The van der Waals surface area contributed by atoms with E-state index in [1.165, 1.54) is 0 Å². The Bertz CT molecular complexity index is 521. The van der Waals surface area contributed by atoms with Crippen LogP contribution in [-0.2, 0) is 16.6 Å². The molecule has 2 N–H and O–H groups in total. The van der Waals surface area contributed by atoms with E-state index in [9.17, 15) is 9.90 Å². The van der Waals surface area contributed by atoms with E-state index < -0.39 is 0 Å². The second-order valence-electron chi connectivity index (χ2n) is 6.58. The molecule has 0 unspecified atom stereocenters. The topological polar surface area (TPSA) is 79.6 Å². The van der Waals surface area contributed by atoms with Crippen LogP contribution in [0.1, 0.15) is 30.9 Å². The van der Waals surface area contributed by atoms with Crippen LogP contribution < -0.4 is 5.32 Å². The van der Waals surface area contributed by atoms with Gasteiger partial charge >= 0.3 is 0 Å². The molecule has 1 saturated carbocycles. The van der Waals surface area contributed by atoms with E-state index in [1.54, 1.807) is 10.9 Å². The van der Waals surface area contributed by atoms with Crippen molar-refractivity contribution in [2.75, 3.05) is 32.8 Å². The Balaban J connectivity index is 1.53. The molecule has 1 aliphatic carbocycles. The first-order chi connectivity index (χ1) is 11.1. The van der Waals surface area contributed by atoms with Gasteiger partial charge in [0.25, 0.3) is 0 Å². The van der Waals surface area contributed by atoms with Crippen molar-refractivity contribution in [2.45, 2.75) is 31.4 Å². The van der Waals surface area contributed by atoms with Gasteiger partial charge in [0.2, 0.25) is 5.91 Å². The van der Waals surface area contributed by atoms with Crippen molar-refractivity contribution in [2.24, 2.45) is 13.0 Å². The number of ether oxygens (including phenoxy) is 1. The fourth-order valence-electron chi connectivity index (χ4n) is 3.31. The van der Waals surface area contributed by atoms with E-state index in [2.05, 4.69) is 15.3 Å². The highest BCUT2D eigenvalue weighted by molar-refractivity contribution is 5.76. The van der Waals surface area contributed by atoms with Crippen LogP contribution in [0.3, 0.4) is 0 Å². The molecule has 7 nitrogen and oxygen atoms in total. The molecular formula is C16H26N4O3. The number of aliphatic hydroxyl groups is 1. The fourth-order valence-corrected chi connectivity index (χ4v) is 3.31. The lowest BCUT2D eigenvalue weighted by atomic mass is 9.75. The Hall–Kier alpha value is -1.44. The first kappa shape index (κ1) is 16.4. The van der Waals surface area contributed by atoms with Gasteiger partial charge in [0, 0.05) is 44.9 Å². The van der Waals surface area contributed by atoms with Crippen molar-refractivity contribution in [3.8, 4) is 0 Å². The molecule has 0 radical (unpaired) electrons. The number of aromatic nitrogens is 2. The quantitative estimate of drug-likeness (QED) is 0.775. The SMILES string of the molecule is Cn1cc([C@H](NC(=O)CCN2CCOCC2)C2CC(O)C2)cn1. The summed E-state index contributed by atoms with van der Waals surface area (Å²) in [7, 11) is 1.87. The Morgan fingerprint density at radius 2 is 2.22 bits per heavy atom. The van der Waals surface area contributed by atoms with Gasteiger partial charge < -0.3 is 15.2 Å². The van der Waals surface area contributed by atoms with Gasteiger partial charge in [-0.05, 0) is 18.8 Å². The summed E-state index contributed by atoms with van der Waals surface area (Å²) in [6, 6.07) is -0.0516. The fraction of sp³-hybridized carbons (Fsp3) is 0.750. The maximum atomic E-state index is 12.3. The van der Waals surface area contributed by atoms with E-state index in [0.717, 1.165) is 51.3 Å². The van der Waals surface area contributed by atoms with Crippen LogP contribution >= 0.6 is 0 Å². The Morgan fingerprint density at radius 1 is 1.48 bits per heavy atom. The van der Waals surface area contributed by atoms with Gasteiger partial charge in [-0.1, -0.05) is 0 Å². The summed E-state index contributed by atoms with van der Waals surface area (Å²) < 4.78 is 7.07. The minimum absolute atomic E-state index is 0.0516. The number of morpholine rings is 1. The largest absolute Gasteiger partial charge is 0.393 e. The lowest BCUT2D eigenvalue weighted by molar-refractivity contribution is -0.123. The Morgan fingerprint density at radius 3 is 2.83 bits per heavy atom. The zero-order chi connectivity index (χ0) is 16.2. The molecule has 2 fully saturated rings. The third-order valence-corrected chi connectivity index (χ3v) is 4.78. The van der Waals surface area contributed by atoms with Crippen LogP contribution in [-0.4, -0.2) is 64.6 Å². The van der Waals surface area contributed by atoms with Gasteiger partial charge in [-0.15, -0.1) is 0 Å². The van der Waals surface area contributed by atoms with E-state index in [4.69, 9.17) is 4.74 Å². The summed E-state index contributed by atoms with van der Waals surface area (Å²) in [4.78, 5) is 14.6. The number of nitrogens with one attached hydrogen (secondary N) is 1. The second-order valence-corrected chi connectivity index (χ2v) is 6.58. The van der Waals surface area contributed by atoms with Crippen molar-refractivity contribution in [1.82, 2.24) is 20.0 Å². The van der Waals surface area contributed by atoms with Gasteiger partial charge in [-0.3, -0.25) is 14.4 Å². The first-order valence-corrected chi connectivity index (χ1v) is 8.38. The molecule has 1 atom stereocenters. The number of hydrogen-bond acceptors (Lipinski definition) is 5. The molecule has 7 heteroatoms. The zero-order valence-electron chi connectivity index (χ0n) is 13.6. The number of amides is 1. The van der Waals surface area contributed by atoms with Crippen molar-refractivity contribution in [1.29, 1.82) is 0 Å². The smallest absolute Gasteiger partial charge is 0.221 e. The van der Waals surface area contributed by atoms with E-state index in [0.29, 0.717) is 12.3 Å². The molecule has 128 valence electrons. The maximum Gasteiger partial charge on any atom is 0.221 e. The standard InChI is InChI=1S/C16H26N4O3/c1-19-11-13(10-17-19)16(12-8-14(21)9-12)18-15(22)2-3-20-4-6-23-7-5-20/h10-12,14,16,21H,2-9H2,1H3,(H,18,22)/t12?,14?,16-/m1/s1. The minimum Gasteiger partial charge on any atom is -0.393 e. The predicted molar refractivity (Wildman–Crippen MR) is 84.7 cm³/mol. The predicted octanol–water partition coefficient (Wildman–Crippen LogP) is 0.0706. The monoisotopic (exact) mass is 322 g/mol. The molecule has 3 rings (SSSR count). The van der Waals surface area contributed by atoms with E-state index in [1.807, 2.05) is 13.2 Å². The second kappa shape index (κ2) is 7.42. The average Bonchev–Trinajstić information content (AvgIpc) is 2.95. The van der Waals surface area contributed by atoms with Crippen LogP contribution in [0, 0.1) is 5.92 Å². The van der Waals surface area contributed by atoms with Crippen molar-refractivity contribution >= 4 is 5.91 Å². The van der Waals surface area contributed by atoms with Crippen molar-refractivity contribution in [3.05, 3.63) is 18.0 Å². The molecule has 0 spiro atoms. The normalized spacial score (nSPS) is 26.5.